The predicted molar refractivity (Wildman–Crippen MR) is 82.0 cm³/mol. The highest BCUT2D eigenvalue weighted by atomic mass is 79.9. The summed E-state index contributed by atoms with van der Waals surface area (Å²) in [6, 6.07) is 9.83. The Labute approximate surface area is 129 Å². The summed E-state index contributed by atoms with van der Waals surface area (Å²) in [5.74, 6) is 1.25. The summed E-state index contributed by atoms with van der Waals surface area (Å²) in [7, 11) is 0. The Balaban J connectivity index is 2.33. The zero-order valence-electron chi connectivity index (χ0n) is 10.6. The summed E-state index contributed by atoms with van der Waals surface area (Å²) in [6.45, 7) is 1.77. The molecule has 0 saturated heterocycles. The van der Waals surface area contributed by atoms with Crippen molar-refractivity contribution in [3.8, 4) is 11.5 Å². The first kappa shape index (κ1) is 14.8. The quantitative estimate of drug-likeness (QED) is 0.427. The Kier molecular flexibility index (Phi) is 4.62. The molecule has 0 amide bonds. The van der Waals surface area contributed by atoms with Gasteiger partial charge in [-0.05, 0) is 36.8 Å². The van der Waals surface area contributed by atoms with Crippen LogP contribution in [0.2, 0.25) is 5.02 Å². The lowest BCUT2D eigenvalue weighted by Gasteiger charge is -2.12. The molecule has 0 aromatic heterocycles. The fraction of sp³-hybridized carbons (Fsp3) is 0.143. The molecule has 0 spiro atoms. The van der Waals surface area contributed by atoms with Gasteiger partial charge in [-0.2, -0.15) is 0 Å². The third-order valence-corrected chi connectivity index (χ3v) is 3.59. The van der Waals surface area contributed by atoms with Gasteiger partial charge in [-0.15, -0.1) is 0 Å². The van der Waals surface area contributed by atoms with Crippen molar-refractivity contribution in [2.75, 3.05) is 0 Å². The second-order valence-electron chi connectivity index (χ2n) is 4.19. The molecule has 2 aromatic rings. The number of nitro benzene ring substituents is 1. The minimum Gasteiger partial charge on any atom is -0.457 e. The largest absolute Gasteiger partial charge is 0.457 e. The summed E-state index contributed by atoms with van der Waals surface area (Å²) >= 11 is 9.31. The minimum absolute atomic E-state index is 0.0478. The van der Waals surface area contributed by atoms with Gasteiger partial charge in [-0.1, -0.05) is 27.5 Å². The van der Waals surface area contributed by atoms with E-state index in [1.165, 1.54) is 12.1 Å². The number of nitrogens with zero attached hydrogens (tertiary/aromatic N) is 1. The number of hydrogen-bond donors (Lipinski definition) is 0. The van der Waals surface area contributed by atoms with Gasteiger partial charge in [0.25, 0.3) is 5.69 Å². The molecule has 6 heteroatoms. The summed E-state index contributed by atoms with van der Waals surface area (Å²) in [5.41, 5.74) is 1.66. The molecule has 4 nitrogen and oxygen atoms in total. The SMILES string of the molecule is Cc1cc([N+](=O)[O-])ccc1Oc1ccc(Cl)cc1CBr. The topological polar surface area (TPSA) is 52.4 Å². The van der Waals surface area contributed by atoms with E-state index >= 15 is 0 Å². The minimum atomic E-state index is -0.428. The van der Waals surface area contributed by atoms with Crippen molar-refractivity contribution >= 4 is 33.2 Å². The van der Waals surface area contributed by atoms with Crippen LogP contribution >= 0.6 is 27.5 Å². The maximum absolute atomic E-state index is 10.7. The number of rotatable bonds is 4. The van der Waals surface area contributed by atoms with E-state index in [4.69, 9.17) is 16.3 Å². The molecule has 2 rings (SSSR count). The van der Waals surface area contributed by atoms with E-state index in [1.54, 1.807) is 25.1 Å². The average molecular weight is 357 g/mol. The molecule has 0 aliphatic heterocycles. The Morgan fingerprint density at radius 2 is 1.95 bits per heavy atom. The molecule has 0 aliphatic rings. The van der Waals surface area contributed by atoms with Crippen LogP contribution in [0.5, 0.6) is 11.5 Å². The number of ether oxygens (including phenoxy) is 1. The van der Waals surface area contributed by atoms with Gasteiger partial charge in [0.1, 0.15) is 11.5 Å². The van der Waals surface area contributed by atoms with E-state index in [0.717, 1.165) is 5.56 Å². The molecule has 20 heavy (non-hydrogen) atoms. The fourth-order valence-electron chi connectivity index (χ4n) is 1.73. The van der Waals surface area contributed by atoms with Crippen LogP contribution in [-0.2, 0) is 5.33 Å². The van der Waals surface area contributed by atoms with Crippen molar-refractivity contribution in [2.45, 2.75) is 12.3 Å². The number of hydrogen-bond acceptors (Lipinski definition) is 3. The molecule has 0 N–H and O–H groups in total. The molecule has 0 aliphatic carbocycles. The molecule has 0 bridgehead atoms. The Morgan fingerprint density at radius 3 is 2.55 bits per heavy atom. The lowest BCUT2D eigenvalue weighted by molar-refractivity contribution is -0.384. The van der Waals surface area contributed by atoms with Crippen molar-refractivity contribution in [3.63, 3.8) is 0 Å². The molecule has 0 atom stereocenters. The molecule has 104 valence electrons. The van der Waals surface area contributed by atoms with Crippen molar-refractivity contribution < 1.29 is 9.66 Å². The van der Waals surface area contributed by atoms with E-state index in [-0.39, 0.29) is 5.69 Å². The predicted octanol–water partition coefficient (Wildman–Crippen LogP) is 5.24. The third-order valence-electron chi connectivity index (χ3n) is 2.76. The van der Waals surface area contributed by atoms with Crippen LogP contribution in [0, 0.1) is 17.0 Å². The van der Waals surface area contributed by atoms with Gasteiger partial charge in [0.15, 0.2) is 0 Å². The van der Waals surface area contributed by atoms with Gasteiger partial charge in [-0.3, -0.25) is 10.1 Å². The Hall–Kier alpha value is -1.59. The van der Waals surface area contributed by atoms with Gasteiger partial charge in [0.2, 0.25) is 0 Å². The van der Waals surface area contributed by atoms with Crippen LogP contribution in [0.1, 0.15) is 11.1 Å². The highest BCUT2D eigenvalue weighted by molar-refractivity contribution is 9.08. The maximum Gasteiger partial charge on any atom is 0.269 e. The smallest absolute Gasteiger partial charge is 0.269 e. The zero-order chi connectivity index (χ0) is 14.7. The molecule has 0 unspecified atom stereocenters. The normalized spacial score (nSPS) is 10.3. The standard InChI is InChI=1S/C14H11BrClNO3/c1-9-6-12(17(18)19)3-5-13(9)20-14-4-2-11(16)7-10(14)8-15/h2-7H,8H2,1H3. The summed E-state index contributed by atoms with van der Waals surface area (Å²) in [6.07, 6.45) is 0. The average Bonchev–Trinajstić information content (AvgIpc) is 2.42. The first-order chi connectivity index (χ1) is 9.51. The number of aryl methyl sites for hydroxylation is 1. The van der Waals surface area contributed by atoms with Gasteiger partial charge in [-0.25, -0.2) is 0 Å². The van der Waals surface area contributed by atoms with E-state index < -0.39 is 4.92 Å². The number of nitro groups is 1. The molecule has 0 saturated carbocycles. The first-order valence-corrected chi connectivity index (χ1v) is 7.28. The van der Waals surface area contributed by atoms with Crippen LogP contribution in [-0.4, -0.2) is 4.92 Å². The van der Waals surface area contributed by atoms with Gasteiger partial charge in [0, 0.05) is 28.0 Å². The molecule has 0 heterocycles. The van der Waals surface area contributed by atoms with Crippen molar-refractivity contribution in [3.05, 3.63) is 62.7 Å². The van der Waals surface area contributed by atoms with E-state index in [1.807, 2.05) is 6.07 Å². The summed E-state index contributed by atoms with van der Waals surface area (Å²) in [5, 5.41) is 11.9. The van der Waals surface area contributed by atoms with E-state index in [2.05, 4.69) is 15.9 Å². The monoisotopic (exact) mass is 355 g/mol. The lowest BCUT2D eigenvalue weighted by Crippen LogP contribution is -1.94. The molecular weight excluding hydrogens is 346 g/mol. The highest BCUT2D eigenvalue weighted by Crippen LogP contribution is 2.32. The van der Waals surface area contributed by atoms with Gasteiger partial charge < -0.3 is 4.74 Å². The number of non-ortho nitro benzene ring substituents is 1. The zero-order valence-corrected chi connectivity index (χ0v) is 12.9. The van der Waals surface area contributed by atoms with Crippen LogP contribution in [0.4, 0.5) is 5.69 Å². The van der Waals surface area contributed by atoms with Crippen LogP contribution in [0.15, 0.2) is 36.4 Å². The molecule has 2 aromatic carbocycles. The number of alkyl halides is 1. The lowest BCUT2D eigenvalue weighted by atomic mass is 10.2. The summed E-state index contributed by atoms with van der Waals surface area (Å²) in [4.78, 5) is 10.3. The van der Waals surface area contributed by atoms with Crippen LogP contribution in [0.3, 0.4) is 0 Å². The van der Waals surface area contributed by atoms with Crippen molar-refractivity contribution in [1.82, 2.24) is 0 Å². The van der Waals surface area contributed by atoms with Crippen molar-refractivity contribution in [1.29, 1.82) is 0 Å². The molecule has 0 radical (unpaired) electrons. The van der Waals surface area contributed by atoms with Crippen LogP contribution in [0.25, 0.3) is 0 Å². The maximum atomic E-state index is 10.7. The second-order valence-corrected chi connectivity index (χ2v) is 5.19. The number of halogens is 2. The first-order valence-electron chi connectivity index (χ1n) is 5.78. The second kappa shape index (κ2) is 6.24. The van der Waals surface area contributed by atoms with Gasteiger partial charge in [0.05, 0.1) is 4.92 Å². The third kappa shape index (κ3) is 3.29. The van der Waals surface area contributed by atoms with E-state index in [9.17, 15) is 10.1 Å². The fourth-order valence-corrected chi connectivity index (χ4v) is 2.37. The Bertz CT molecular complexity index is 661. The van der Waals surface area contributed by atoms with Gasteiger partial charge >= 0.3 is 0 Å². The van der Waals surface area contributed by atoms with Crippen LogP contribution < -0.4 is 4.74 Å². The van der Waals surface area contributed by atoms with E-state index in [0.29, 0.717) is 27.4 Å². The summed E-state index contributed by atoms with van der Waals surface area (Å²) < 4.78 is 5.81. The van der Waals surface area contributed by atoms with Crippen molar-refractivity contribution in [2.24, 2.45) is 0 Å². The molecular formula is C14H11BrClNO3. The highest BCUT2D eigenvalue weighted by Gasteiger charge is 2.11. The molecule has 0 fully saturated rings. The Morgan fingerprint density at radius 1 is 1.25 bits per heavy atom. The number of benzene rings is 2.